The molecule has 0 unspecified atom stereocenters. The molecule has 3 aromatic carbocycles. The lowest BCUT2D eigenvalue weighted by molar-refractivity contribution is -0.274. The fourth-order valence-electron chi connectivity index (χ4n) is 2.51. The van der Waals surface area contributed by atoms with Gasteiger partial charge in [0.05, 0.1) is 4.90 Å². The van der Waals surface area contributed by atoms with Gasteiger partial charge in [-0.3, -0.25) is 4.72 Å². The first-order chi connectivity index (χ1) is 13.1. The second-order valence-corrected chi connectivity index (χ2v) is 7.75. The predicted molar refractivity (Wildman–Crippen MR) is 101 cm³/mol. The van der Waals surface area contributed by atoms with Gasteiger partial charge in [0.2, 0.25) is 0 Å². The van der Waals surface area contributed by atoms with Gasteiger partial charge in [-0.05, 0) is 54.4 Å². The van der Waals surface area contributed by atoms with E-state index in [2.05, 4.69) is 9.46 Å². The number of alkyl halides is 3. The summed E-state index contributed by atoms with van der Waals surface area (Å²) < 4.78 is 67.8. The van der Waals surface area contributed by atoms with Crippen LogP contribution in [0.15, 0.2) is 77.7 Å². The third-order valence-corrected chi connectivity index (χ3v) is 5.29. The summed E-state index contributed by atoms with van der Waals surface area (Å²) in [7, 11) is -3.70. The van der Waals surface area contributed by atoms with Crippen molar-refractivity contribution >= 4 is 15.7 Å². The van der Waals surface area contributed by atoms with E-state index in [1.54, 1.807) is 36.4 Å². The molecule has 146 valence electrons. The van der Waals surface area contributed by atoms with Gasteiger partial charge in [-0.15, -0.1) is 13.2 Å². The zero-order valence-corrected chi connectivity index (χ0v) is 15.5. The molecule has 0 saturated carbocycles. The van der Waals surface area contributed by atoms with Gasteiger partial charge in [0.15, 0.2) is 0 Å². The first-order valence-corrected chi connectivity index (χ1v) is 9.66. The van der Waals surface area contributed by atoms with Crippen LogP contribution in [0.5, 0.6) is 5.75 Å². The Morgan fingerprint density at radius 2 is 1.29 bits per heavy atom. The van der Waals surface area contributed by atoms with Crippen LogP contribution in [0.2, 0.25) is 0 Å². The lowest BCUT2D eigenvalue weighted by Crippen LogP contribution is -2.16. The number of nitrogens with one attached hydrogen (secondary N) is 1. The van der Waals surface area contributed by atoms with Gasteiger partial charge in [0.1, 0.15) is 5.75 Å². The number of halogens is 3. The van der Waals surface area contributed by atoms with Crippen LogP contribution in [0.3, 0.4) is 0 Å². The first kappa shape index (κ1) is 19.8. The summed E-state index contributed by atoms with van der Waals surface area (Å²) in [5, 5.41) is 0. The molecular formula is C20H16F3NO3S. The standard InChI is InChI=1S/C20H16F3NO3S/c1-14-2-12-19(13-3-14)28(25,26)24-17-8-4-15(5-9-17)16-6-10-18(11-7-16)27-20(21,22)23/h2-13,24H,1H3. The Morgan fingerprint density at radius 1 is 0.786 bits per heavy atom. The van der Waals surface area contributed by atoms with Crippen LogP contribution in [0.4, 0.5) is 18.9 Å². The molecule has 0 heterocycles. The van der Waals surface area contributed by atoms with Crippen molar-refractivity contribution in [3.05, 3.63) is 78.4 Å². The van der Waals surface area contributed by atoms with Gasteiger partial charge >= 0.3 is 6.36 Å². The fourth-order valence-corrected chi connectivity index (χ4v) is 3.57. The number of rotatable bonds is 5. The van der Waals surface area contributed by atoms with Crippen molar-refractivity contribution < 1.29 is 26.3 Å². The highest BCUT2D eigenvalue weighted by molar-refractivity contribution is 7.92. The summed E-state index contributed by atoms with van der Waals surface area (Å²) in [6, 6.07) is 18.4. The highest BCUT2D eigenvalue weighted by Gasteiger charge is 2.30. The lowest BCUT2D eigenvalue weighted by atomic mass is 10.1. The van der Waals surface area contributed by atoms with Crippen LogP contribution in [0.1, 0.15) is 5.56 Å². The minimum atomic E-state index is -4.74. The molecule has 0 spiro atoms. The van der Waals surface area contributed by atoms with Crippen molar-refractivity contribution in [1.82, 2.24) is 0 Å². The van der Waals surface area contributed by atoms with Crippen LogP contribution < -0.4 is 9.46 Å². The Hall–Kier alpha value is -3.00. The molecule has 8 heteroatoms. The highest BCUT2D eigenvalue weighted by atomic mass is 32.2. The smallest absolute Gasteiger partial charge is 0.406 e. The summed E-state index contributed by atoms with van der Waals surface area (Å²) in [6.07, 6.45) is -4.74. The average molecular weight is 407 g/mol. The maximum atomic E-state index is 12.4. The highest BCUT2D eigenvalue weighted by Crippen LogP contribution is 2.27. The zero-order valence-electron chi connectivity index (χ0n) is 14.7. The van der Waals surface area contributed by atoms with Gasteiger partial charge < -0.3 is 4.74 Å². The summed E-state index contributed by atoms with van der Waals surface area (Å²) in [5.74, 6) is -0.307. The van der Waals surface area contributed by atoms with Gasteiger partial charge in [0.25, 0.3) is 10.0 Å². The van der Waals surface area contributed by atoms with E-state index in [0.29, 0.717) is 11.3 Å². The third kappa shape index (κ3) is 5.04. The van der Waals surface area contributed by atoms with Crippen LogP contribution in [-0.2, 0) is 10.0 Å². The largest absolute Gasteiger partial charge is 0.573 e. The Morgan fingerprint density at radius 3 is 1.79 bits per heavy atom. The zero-order chi connectivity index (χ0) is 20.4. The van der Waals surface area contributed by atoms with Crippen LogP contribution in [0, 0.1) is 6.92 Å². The van der Waals surface area contributed by atoms with E-state index >= 15 is 0 Å². The second kappa shape index (κ2) is 7.55. The molecule has 0 amide bonds. The van der Waals surface area contributed by atoms with Gasteiger partial charge in [-0.1, -0.05) is 42.0 Å². The van der Waals surface area contributed by atoms with E-state index in [1.165, 1.54) is 36.4 Å². The maximum absolute atomic E-state index is 12.4. The Bertz CT molecular complexity index is 1040. The molecule has 0 bridgehead atoms. The van der Waals surface area contributed by atoms with Crippen molar-refractivity contribution in [3.63, 3.8) is 0 Å². The van der Waals surface area contributed by atoms with Crippen molar-refractivity contribution in [3.8, 4) is 16.9 Å². The second-order valence-electron chi connectivity index (χ2n) is 6.07. The van der Waals surface area contributed by atoms with E-state index in [1.807, 2.05) is 6.92 Å². The van der Waals surface area contributed by atoms with Crippen LogP contribution in [0.25, 0.3) is 11.1 Å². The van der Waals surface area contributed by atoms with Crippen molar-refractivity contribution in [2.45, 2.75) is 18.2 Å². The SMILES string of the molecule is Cc1ccc(S(=O)(=O)Nc2ccc(-c3ccc(OC(F)(F)F)cc3)cc2)cc1. The number of aryl methyl sites for hydroxylation is 1. The van der Waals surface area contributed by atoms with Crippen LogP contribution in [-0.4, -0.2) is 14.8 Å². The molecule has 0 saturated heterocycles. The van der Waals surface area contributed by atoms with Crippen molar-refractivity contribution in [2.24, 2.45) is 0 Å². The van der Waals surface area contributed by atoms with E-state index in [4.69, 9.17) is 0 Å². The molecule has 0 atom stereocenters. The quantitative estimate of drug-likeness (QED) is 0.619. The topological polar surface area (TPSA) is 55.4 Å². The lowest BCUT2D eigenvalue weighted by Gasteiger charge is -2.11. The Balaban J connectivity index is 1.74. The minimum absolute atomic E-state index is 0.155. The number of ether oxygens (including phenoxy) is 1. The maximum Gasteiger partial charge on any atom is 0.573 e. The van der Waals surface area contributed by atoms with E-state index in [9.17, 15) is 21.6 Å². The summed E-state index contributed by atoms with van der Waals surface area (Å²) in [4.78, 5) is 0.155. The average Bonchev–Trinajstić information content (AvgIpc) is 2.62. The Kier molecular flexibility index (Phi) is 5.33. The normalized spacial score (nSPS) is 11.9. The molecule has 4 nitrogen and oxygen atoms in total. The molecular weight excluding hydrogens is 391 g/mol. The minimum Gasteiger partial charge on any atom is -0.406 e. The molecule has 28 heavy (non-hydrogen) atoms. The third-order valence-electron chi connectivity index (χ3n) is 3.89. The van der Waals surface area contributed by atoms with Crippen LogP contribution >= 0.6 is 0 Å². The van der Waals surface area contributed by atoms with Crippen molar-refractivity contribution in [2.75, 3.05) is 4.72 Å². The number of benzene rings is 3. The first-order valence-electron chi connectivity index (χ1n) is 8.18. The molecule has 3 rings (SSSR count). The molecule has 0 aliphatic carbocycles. The van der Waals surface area contributed by atoms with Gasteiger partial charge in [-0.2, -0.15) is 0 Å². The Labute approximate surface area is 160 Å². The number of sulfonamides is 1. The molecule has 0 aliphatic heterocycles. The fraction of sp³-hybridized carbons (Fsp3) is 0.100. The van der Waals surface area contributed by atoms with Crippen molar-refractivity contribution in [1.29, 1.82) is 0 Å². The molecule has 0 fully saturated rings. The van der Waals surface area contributed by atoms with E-state index < -0.39 is 16.4 Å². The number of anilines is 1. The molecule has 0 aromatic heterocycles. The predicted octanol–water partition coefficient (Wildman–Crippen LogP) is 5.36. The molecule has 0 radical (unpaired) electrons. The van der Waals surface area contributed by atoms with E-state index in [-0.39, 0.29) is 10.6 Å². The van der Waals surface area contributed by atoms with Gasteiger partial charge in [-0.25, -0.2) is 8.42 Å². The van der Waals surface area contributed by atoms with E-state index in [0.717, 1.165) is 11.1 Å². The molecule has 1 N–H and O–H groups in total. The molecule has 3 aromatic rings. The number of hydrogen-bond donors (Lipinski definition) is 1. The molecule has 0 aliphatic rings. The summed E-state index contributed by atoms with van der Waals surface area (Å²) in [6.45, 7) is 1.87. The summed E-state index contributed by atoms with van der Waals surface area (Å²) in [5.41, 5.74) is 2.72. The number of hydrogen-bond acceptors (Lipinski definition) is 3. The monoisotopic (exact) mass is 407 g/mol. The summed E-state index contributed by atoms with van der Waals surface area (Å²) >= 11 is 0. The van der Waals surface area contributed by atoms with Gasteiger partial charge in [0, 0.05) is 5.69 Å².